The van der Waals surface area contributed by atoms with Crippen LogP contribution in [-0.4, -0.2) is 48.6 Å². The number of aromatic nitrogens is 2. The zero-order chi connectivity index (χ0) is 21.8. The Morgan fingerprint density at radius 2 is 2.00 bits per heavy atom. The minimum Gasteiger partial charge on any atom is -0.494 e. The van der Waals surface area contributed by atoms with Crippen LogP contribution >= 0.6 is 0 Å². The molecule has 0 aliphatic carbocycles. The van der Waals surface area contributed by atoms with Crippen LogP contribution < -0.4 is 4.74 Å². The second kappa shape index (κ2) is 9.62. The summed E-state index contributed by atoms with van der Waals surface area (Å²) >= 11 is 0. The van der Waals surface area contributed by atoms with Crippen LogP contribution in [-0.2, 0) is 11.3 Å². The molecule has 0 amide bonds. The summed E-state index contributed by atoms with van der Waals surface area (Å²) in [4.78, 5) is 2.45. The molecule has 1 atom stereocenters. The molecule has 2 aromatic carbocycles. The van der Waals surface area contributed by atoms with Gasteiger partial charge in [0.2, 0.25) is 0 Å². The molecule has 0 saturated carbocycles. The number of benzene rings is 2. The van der Waals surface area contributed by atoms with Crippen molar-refractivity contribution in [3.05, 3.63) is 65.6 Å². The van der Waals surface area contributed by atoms with E-state index in [1.165, 1.54) is 19.6 Å². The zero-order valence-electron chi connectivity index (χ0n) is 18.5. The highest BCUT2D eigenvalue weighted by Gasteiger charge is 2.23. The van der Waals surface area contributed by atoms with Crippen LogP contribution in [0.15, 0.2) is 48.7 Å². The predicted molar refractivity (Wildman–Crippen MR) is 120 cm³/mol. The lowest BCUT2D eigenvalue weighted by atomic mass is 9.98. The fourth-order valence-electron chi connectivity index (χ4n) is 4.43. The van der Waals surface area contributed by atoms with Gasteiger partial charge in [0.1, 0.15) is 0 Å². The number of likely N-dealkylation sites (tertiary alicyclic amines) is 1. The number of methoxy groups -OCH3 is 2. The molecule has 0 N–H and O–H groups in total. The fraction of sp³-hybridized carbons (Fsp3) is 0.400. The van der Waals surface area contributed by atoms with E-state index >= 15 is 0 Å². The topological polar surface area (TPSA) is 39.5 Å². The molecule has 0 radical (unpaired) electrons. The first-order valence-electron chi connectivity index (χ1n) is 10.8. The van der Waals surface area contributed by atoms with Gasteiger partial charge < -0.3 is 9.47 Å². The van der Waals surface area contributed by atoms with Crippen LogP contribution in [0.1, 0.15) is 24.0 Å². The second-order valence-corrected chi connectivity index (χ2v) is 8.28. The summed E-state index contributed by atoms with van der Waals surface area (Å²) in [6.07, 6.45) is 4.44. The van der Waals surface area contributed by atoms with Crippen LogP contribution in [0.5, 0.6) is 5.75 Å². The molecule has 6 heteroatoms. The summed E-state index contributed by atoms with van der Waals surface area (Å²) in [6, 6.07) is 13.2. The van der Waals surface area contributed by atoms with Gasteiger partial charge in [-0.2, -0.15) is 5.10 Å². The first-order chi connectivity index (χ1) is 15.1. The lowest BCUT2D eigenvalue weighted by Gasteiger charge is -2.32. The molecule has 3 aromatic rings. The van der Waals surface area contributed by atoms with Crippen LogP contribution in [0, 0.1) is 18.7 Å². The van der Waals surface area contributed by atoms with E-state index in [9.17, 15) is 4.39 Å². The Balaban J connectivity index is 1.70. The maximum atomic E-state index is 14.5. The smallest absolute Gasteiger partial charge is 0.165 e. The summed E-state index contributed by atoms with van der Waals surface area (Å²) in [5.74, 6) is 0.406. The lowest BCUT2D eigenvalue weighted by molar-refractivity contribution is 0.0874. The van der Waals surface area contributed by atoms with Crippen molar-refractivity contribution in [2.45, 2.75) is 26.3 Å². The van der Waals surface area contributed by atoms with Crippen LogP contribution in [0.2, 0.25) is 0 Å². The van der Waals surface area contributed by atoms with Gasteiger partial charge in [0.15, 0.2) is 11.6 Å². The summed E-state index contributed by atoms with van der Waals surface area (Å²) in [5, 5.41) is 4.89. The molecule has 5 nitrogen and oxygen atoms in total. The largest absolute Gasteiger partial charge is 0.494 e. The number of ether oxygens (including phenoxy) is 2. The van der Waals surface area contributed by atoms with Gasteiger partial charge in [0.05, 0.1) is 25.1 Å². The van der Waals surface area contributed by atoms with Gasteiger partial charge in [-0.15, -0.1) is 0 Å². The maximum absolute atomic E-state index is 14.5. The SMILES string of the molecule is COCC1CCCN(Cc2cn(-c3ccccc3C)nc2-c2ccc(OC)c(F)c2)C1. The molecule has 4 rings (SSSR count). The lowest BCUT2D eigenvalue weighted by Crippen LogP contribution is -2.36. The standard InChI is InChI=1S/C25H30FN3O2/c1-18-7-4-5-9-23(18)29-16-21(15-28-12-6-8-19(14-28)17-30-2)25(27-29)20-10-11-24(31-3)22(26)13-20/h4-5,7,9-11,13,16,19H,6,8,12,14-15,17H2,1-3H3. The molecule has 1 saturated heterocycles. The average molecular weight is 424 g/mol. The Hall–Kier alpha value is -2.70. The molecule has 164 valence electrons. The van der Waals surface area contributed by atoms with Crippen molar-refractivity contribution in [2.24, 2.45) is 5.92 Å². The molecule has 1 fully saturated rings. The van der Waals surface area contributed by atoms with Gasteiger partial charge in [-0.25, -0.2) is 9.07 Å². The molecule has 0 spiro atoms. The second-order valence-electron chi connectivity index (χ2n) is 8.28. The average Bonchev–Trinajstić information content (AvgIpc) is 3.18. The van der Waals surface area contributed by atoms with Gasteiger partial charge in [0.25, 0.3) is 0 Å². The van der Waals surface area contributed by atoms with E-state index in [0.717, 1.165) is 60.7 Å². The minimum absolute atomic E-state index is 0.238. The Morgan fingerprint density at radius 1 is 1.16 bits per heavy atom. The minimum atomic E-state index is -0.380. The predicted octanol–water partition coefficient (Wildman–Crippen LogP) is 4.85. The third-order valence-corrected chi connectivity index (χ3v) is 5.98. The number of nitrogens with zero attached hydrogens (tertiary/aromatic N) is 3. The molecule has 2 heterocycles. The van der Waals surface area contributed by atoms with Crippen LogP contribution in [0.3, 0.4) is 0 Å². The van der Waals surface area contributed by atoms with Crippen molar-refractivity contribution in [1.29, 1.82) is 0 Å². The molecular formula is C25H30FN3O2. The normalized spacial score (nSPS) is 17.1. The number of halogens is 1. The Kier molecular flexibility index (Phi) is 6.68. The third kappa shape index (κ3) is 4.81. The summed E-state index contributed by atoms with van der Waals surface area (Å²) < 4.78 is 26.9. The van der Waals surface area contributed by atoms with E-state index in [0.29, 0.717) is 5.92 Å². The fourth-order valence-corrected chi connectivity index (χ4v) is 4.43. The van der Waals surface area contributed by atoms with E-state index < -0.39 is 0 Å². The molecule has 1 aromatic heterocycles. The number of hydrogen-bond donors (Lipinski definition) is 0. The van der Waals surface area contributed by atoms with E-state index in [1.54, 1.807) is 13.2 Å². The number of rotatable bonds is 7. The third-order valence-electron chi connectivity index (χ3n) is 5.98. The van der Waals surface area contributed by atoms with Crippen molar-refractivity contribution >= 4 is 0 Å². The van der Waals surface area contributed by atoms with Gasteiger partial charge in [-0.05, 0) is 62.1 Å². The highest BCUT2D eigenvalue weighted by atomic mass is 19.1. The Morgan fingerprint density at radius 3 is 2.74 bits per heavy atom. The van der Waals surface area contributed by atoms with E-state index in [2.05, 4.69) is 30.2 Å². The first kappa shape index (κ1) is 21.5. The van der Waals surface area contributed by atoms with Crippen molar-refractivity contribution < 1.29 is 13.9 Å². The van der Waals surface area contributed by atoms with Crippen molar-refractivity contribution in [3.63, 3.8) is 0 Å². The zero-order valence-corrected chi connectivity index (χ0v) is 18.5. The van der Waals surface area contributed by atoms with Crippen LogP contribution in [0.25, 0.3) is 16.9 Å². The number of piperidine rings is 1. The van der Waals surface area contributed by atoms with Gasteiger partial charge in [-0.1, -0.05) is 18.2 Å². The van der Waals surface area contributed by atoms with Crippen molar-refractivity contribution in [2.75, 3.05) is 33.9 Å². The van der Waals surface area contributed by atoms with Crippen LogP contribution in [0.4, 0.5) is 4.39 Å². The highest BCUT2D eigenvalue weighted by molar-refractivity contribution is 5.64. The van der Waals surface area contributed by atoms with Crippen molar-refractivity contribution in [3.8, 4) is 22.7 Å². The number of para-hydroxylation sites is 1. The first-order valence-corrected chi connectivity index (χ1v) is 10.8. The van der Waals surface area contributed by atoms with Gasteiger partial charge in [0, 0.05) is 37.5 Å². The molecular weight excluding hydrogens is 393 g/mol. The molecule has 31 heavy (non-hydrogen) atoms. The van der Waals surface area contributed by atoms with E-state index in [1.807, 2.05) is 22.9 Å². The van der Waals surface area contributed by atoms with Crippen molar-refractivity contribution in [1.82, 2.24) is 14.7 Å². The molecule has 0 bridgehead atoms. The monoisotopic (exact) mass is 423 g/mol. The Labute approximate surface area is 183 Å². The summed E-state index contributed by atoms with van der Waals surface area (Å²) in [5.41, 5.74) is 4.82. The van der Waals surface area contributed by atoms with Gasteiger partial charge >= 0.3 is 0 Å². The van der Waals surface area contributed by atoms with E-state index in [4.69, 9.17) is 14.6 Å². The van der Waals surface area contributed by atoms with Gasteiger partial charge in [-0.3, -0.25) is 4.90 Å². The molecule has 1 aliphatic heterocycles. The number of hydrogen-bond acceptors (Lipinski definition) is 4. The Bertz CT molecular complexity index is 1030. The maximum Gasteiger partial charge on any atom is 0.165 e. The molecule has 1 unspecified atom stereocenters. The summed E-state index contributed by atoms with van der Waals surface area (Å²) in [7, 11) is 3.24. The molecule has 1 aliphatic rings. The quantitative estimate of drug-likeness (QED) is 0.544. The number of aryl methyl sites for hydroxylation is 1. The summed E-state index contributed by atoms with van der Waals surface area (Å²) in [6.45, 7) is 5.68. The van der Waals surface area contributed by atoms with E-state index in [-0.39, 0.29) is 11.6 Å². The highest BCUT2D eigenvalue weighted by Crippen LogP contribution is 2.30.